The predicted molar refractivity (Wildman–Crippen MR) is 73.1 cm³/mol. The molecule has 2 nitrogen and oxygen atoms in total. The van der Waals surface area contributed by atoms with Gasteiger partial charge in [0.15, 0.2) is 0 Å². The highest BCUT2D eigenvalue weighted by molar-refractivity contribution is 9.10. The molecule has 1 aromatic rings. The van der Waals surface area contributed by atoms with E-state index in [1.807, 2.05) is 4.90 Å². The van der Waals surface area contributed by atoms with Crippen LogP contribution in [0.3, 0.4) is 0 Å². The number of rotatable bonds is 1. The quantitative estimate of drug-likeness (QED) is 0.773. The molecule has 1 aromatic carbocycles. The smallest absolute Gasteiger partial charge is 0.254 e. The van der Waals surface area contributed by atoms with E-state index in [1.165, 1.54) is 6.07 Å². The summed E-state index contributed by atoms with van der Waals surface area (Å²) < 4.78 is 14.3. The van der Waals surface area contributed by atoms with Gasteiger partial charge in [0.25, 0.3) is 5.91 Å². The summed E-state index contributed by atoms with van der Waals surface area (Å²) in [6.07, 6.45) is 2.19. The van der Waals surface area contributed by atoms with Crippen LogP contribution >= 0.6 is 15.9 Å². The number of hydrogen-bond acceptors (Lipinski definition) is 1. The lowest BCUT2D eigenvalue weighted by Crippen LogP contribution is -2.39. The molecule has 1 fully saturated rings. The fourth-order valence-corrected chi connectivity index (χ4v) is 2.76. The maximum atomic E-state index is 13.6. The molecule has 1 aliphatic rings. The largest absolute Gasteiger partial charge is 0.338 e. The second-order valence-corrected chi connectivity index (χ2v) is 5.92. The highest BCUT2D eigenvalue weighted by Crippen LogP contribution is 2.23. The molecule has 0 aromatic heterocycles. The summed E-state index contributed by atoms with van der Waals surface area (Å²) in [4.78, 5) is 14.1. The van der Waals surface area contributed by atoms with E-state index in [-0.39, 0.29) is 11.7 Å². The third-order valence-electron chi connectivity index (χ3n) is 3.47. The highest BCUT2D eigenvalue weighted by Gasteiger charge is 2.23. The minimum absolute atomic E-state index is 0.0684. The van der Waals surface area contributed by atoms with Gasteiger partial charge in [-0.2, -0.15) is 0 Å². The Morgan fingerprint density at radius 3 is 2.83 bits per heavy atom. The minimum Gasteiger partial charge on any atom is -0.338 e. The Balaban J connectivity index is 2.23. The van der Waals surface area contributed by atoms with Crippen molar-refractivity contribution in [2.75, 3.05) is 13.1 Å². The third kappa shape index (κ3) is 2.74. The van der Waals surface area contributed by atoms with Crippen LogP contribution in [-0.4, -0.2) is 23.9 Å². The summed E-state index contributed by atoms with van der Waals surface area (Å²) in [7, 11) is 0. The van der Waals surface area contributed by atoms with Crippen LogP contribution in [0.25, 0.3) is 0 Å². The summed E-state index contributed by atoms with van der Waals surface area (Å²) in [5.41, 5.74) is 0.970. The Kier molecular flexibility index (Phi) is 4.05. The Labute approximate surface area is 115 Å². The minimum atomic E-state index is -0.335. The number of amides is 1. The first-order valence-electron chi connectivity index (χ1n) is 6.24. The van der Waals surface area contributed by atoms with Gasteiger partial charge in [-0.3, -0.25) is 4.79 Å². The molecular weight excluding hydrogens is 297 g/mol. The molecule has 0 radical (unpaired) electrons. The number of piperidine rings is 1. The van der Waals surface area contributed by atoms with Crippen LogP contribution in [0.5, 0.6) is 0 Å². The van der Waals surface area contributed by atoms with Gasteiger partial charge in [-0.05, 0) is 43.4 Å². The summed E-state index contributed by atoms with van der Waals surface area (Å²) in [5, 5.41) is 0. The maximum Gasteiger partial charge on any atom is 0.254 e. The zero-order valence-corrected chi connectivity index (χ0v) is 12.3. The lowest BCUT2D eigenvalue weighted by atomic mass is 9.99. The monoisotopic (exact) mass is 313 g/mol. The van der Waals surface area contributed by atoms with Crippen LogP contribution in [0.4, 0.5) is 4.39 Å². The Morgan fingerprint density at radius 2 is 2.22 bits per heavy atom. The Hall–Kier alpha value is -0.900. The van der Waals surface area contributed by atoms with Gasteiger partial charge in [-0.1, -0.05) is 22.9 Å². The number of carbonyl (C=O) groups is 1. The number of hydrogen-bond donors (Lipinski definition) is 0. The van der Waals surface area contributed by atoms with E-state index in [1.54, 1.807) is 13.0 Å². The van der Waals surface area contributed by atoms with Crippen molar-refractivity contribution in [2.45, 2.75) is 26.7 Å². The fourth-order valence-electron chi connectivity index (χ4n) is 2.33. The highest BCUT2D eigenvalue weighted by atomic mass is 79.9. The molecule has 0 spiro atoms. The zero-order chi connectivity index (χ0) is 13.3. The van der Waals surface area contributed by atoms with Crippen molar-refractivity contribution in [1.29, 1.82) is 0 Å². The molecule has 98 valence electrons. The van der Waals surface area contributed by atoms with Crippen molar-refractivity contribution in [3.8, 4) is 0 Å². The van der Waals surface area contributed by atoms with Crippen molar-refractivity contribution >= 4 is 21.8 Å². The molecule has 1 unspecified atom stereocenters. The topological polar surface area (TPSA) is 20.3 Å². The molecule has 0 bridgehead atoms. The standard InChI is InChI=1S/C14H17BrFNO/c1-9-4-3-5-17(8-9)14(18)11-6-12(15)10(2)13(16)7-11/h6-7,9H,3-5,8H2,1-2H3. The second-order valence-electron chi connectivity index (χ2n) is 5.06. The number of likely N-dealkylation sites (tertiary alicyclic amines) is 1. The van der Waals surface area contributed by atoms with Gasteiger partial charge in [0.1, 0.15) is 5.82 Å². The van der Waals surface area contributed by atoms with Crippen LogP contribution in [0.15, 0.2) is 16.6 Å². The van der Waals surface area contributed by atoms with Crippen molar-refractivity contribution in [3.63, 3.8) is 0 Å². The zero-order valence-electron chi connectivity index (χ0n) is 10.7. The van der Waals surface area contributed by atoms with Gasteiger partial charge in [-0.15, -0.1) is 0 Å². The van der Waals surface area contributed by atoms with Gasteiger partial charge in [-0.25, -0.2) is 4.39 Å². The Bertz CT molecular complexity index is 452. The molecule has 1 aliphatic heterocycles. The van der Waals surface area contributed by atoms with E-state index in [0.29, 0.717) is 21.5 Å². The first kappa shape index (κ1) is 13.5. The molecule has 18 heavy (non-hydrogen) atoms. The van der Waals surface area contributed by atoms with Gasteiger partial charge >= 0.3 is 0 Å². The van der Waals surface area contributed by atoms with E-state index in [4.69, 9.17) is 0 Å². The van der Waals surface area contributed by atoms with Crippen molar-refractivity contribution in [1.82, 2.24) is 4.90 Å². The van der Waals surface area contributed by atoms with Gasteiger partial charge in [0, 0.05) is 23.1 Å². The molecule has 1 heterocycles. The average molecular weight is 314 g/mol. The molecule has 0 aliphatic carbocycles. The van der Waals surface area contributed by atoms with Crippen LogP contribution < -0.4 is 0 Å². The van der Waals surface area contributed by atoms with Crippen molar-refractivity contribution in [3.05, 3.63) is 33.5 Å². The molecule has 4 heteroatoms. The van der Waals surface area contributed by atoms with Crippen LogP contribution in [0.2, 0.25) is 0 Å². The maximum absolute atomic E-state index is 13.6. The van der Waals surface area contributed by atoms with Crippen LogP contribution in [0.1, 0.15) is 35.7 Å². The van der Waals surface area contributed by atoms with E-state index in [9.17, 15) is 9.18 Å². The predicted octanol–water partition coefficient (Wildman–Crippen LogP) is 3.77. The first-order valence-corrected chi connectivity index (χ1v) is 7.03. The van der Waals surface area contributed by atoms with E-state index in [2.05, 4.69) is 22.9 Å². The molecule has 0 N–H and O–H groups in total. The number of nitrogens with zero attached hydrogens (tertiary/aromatic N) is 1. The first-order chi connectivity index (χ1) is 8.49. The lowest BCUT2D eigenvalue weighted by Gasteiger charge is -2.31. The lowest BCUT2D eigenvalue weighted by molar-refractivity contribution is 0.0682. The average Bonchev–Trinajstić information content (AvgIpc) is 2.34. The molecule has 1 amide bonds. The summed E-state index contributed by atoms with van der Waals surface area (Å²) in [6, 6.07) is 3.04. The fraction of sp³-hybridized carbons (Fsp3) is 0.500. The number of halogens is 2. The molecular formula is C14H17BrFNO. The van der Waals surface area contributed by atoms with E-state index in [0.717, 1.165) is 25.9 Å². The second kappa shape index (κ2) is 5.39. The van der Waals surface area contributed by atoms with Gasteiger partial charge in [0.05, 0.1) is 0 Å². The van der Waals surface area contributed by atoms with Crippen LogP contribution in [0, 0.1) is 18.7 Å². The molecule has 2 rings (SSSR count). The normalized spacial score (nSPS) is 20.0. The summed E-state index contributed by atoms with van der Waals surface area (Å²) in [5.74, 6) is 0.125. The van der Waals surface area contributed by atoms with Crippen molar-refractivity contribution in [2.24, 2.45) is 5.92 Å². The van der Waals surface area contributed by atoms with Gasteiger partial charge in [0.2, 0.25) is 0 Å². The molecule has 1 saturated heterocycles. The SMILES string of the molecule is Cc1c(F)cc(C(=O)N2CCCC(C)C2)cc1Br. The van der Waals surface area contributed by atoms with E-state index >= 15 is 0 Å². The Morgan fingerprint density at radius 1 is 1.50 bits per heavy atom. The number of benzene rings is 1. The number of carbonyl (C=O) groups excluding carboxylic acids is 1. The third-order valence-corrected chi connectivity index (χ3v) is 4.30. The van der Waals surface area contributed by atoms with E-state index < -0.39 is 0 Å². The molecule has 0 saturated carbocycles. The summed E-state index contributed by atoms with van der Waals surface area (Å²) in [6.45, 7) is 5.38. The molecule has 1 atom stereocenters. The van der Waals surface area contributed by atoms with Crippen LogP contribution in [-0.2, 0) is 0 Å². The summed E-state index contributed by atoms with van der Waals surface area (Å²) >= 11 is 3.29. The van der Waals surface area contributed by atoms with Crippen molar-refractivity contribution < 1.29 is 9.18 Å². The van der Waals surface area contributed by atoms with Gasteiger partial charge < -0.3 is 4.90 Å².